The second-order valence-electron chi connectivity index (χ2n) is 6.62. The van der Waals surface area contributed by atoms with Crippen molar-refractivity contribution in [3.8, 4) is 0 Å². The molecule has 0 bridgehead atoms. The Labute approximate surface area is 145 Å². The summed E-state index contributed by atoms with van der Waals surface area (Å²) in [5, 5.41) is 1.87. The Morgan fingerprint density at radius 1 is 1.20 bits per heavy atom. The van der Waals surface area contributed by atoms with Gasteiger partial charge in [0.1, 0.15) is 6.54 Å². The third-order valence-electron chi connectivity index (χ3n) is 4.46. The Balaban J connectivity index is 1.83. The van der Waals surface area contributed by atoms with Crippen molar-refractivity contribution in [2.45, 2.75) is 32.9 Å². The summed E-state index contributed by atoms with van der Waals surface area (Å²) in [6.45, 7) is 3.57. The number of carbonyl (C=O) groups excluding carboxylic acids is 2. The minimum atomic E-state index is -4.40. The summed E-state index contributed by atoms with van der Waals surface area (Å²) in [5.41, 5.74) is 2.79. The van der Waals surface area contributed by atoms with Crippen LogP contribution in [0.3, 0.4) is 0 Å². The van der Waals surface area contributed by atoms with E-state index in [1.165, 1.54) is 0 Å². The lowest BCUT2D eigenvalue weighted by molar-refractivity contribution is -0.139. The van der Waals surface area contributed by atoms with Gasteiger partial charge < -0.3 is 5.32 Å². The number of halogens is 3. The average Bonchev–Trinajstić information content (AvgIpc) is 2.52. The predicted molar refractivity (Wildman–Crippen MR) is 88.5 cm³/mol. The molecule has 0 saturated carbocycles. The lowest BCUT2D eigenvalue weighted by Gasteiger charge is -2.31. The zero-order valence-corrected chi connectivity index (χ0v) is 14.4. The molecule has 1 fully saturated rings. The average molecular weight is 356 g/mol. The highest BCUT2D eigenvalue weighted by Crippen LogP contribution is 2.24. The molecule has 0 spiro atoms. The van der Waals surface area contributed by atoms with Gasteiger partial charge in [0.25, 0.3) is 0 Å². The molecule has 1 amide bonds. The molecule has 1 heterocycles. The second-order valence-corrected chi connectivity index (χ2v) is 6.62. The van der Waals surface area contributed by atoms with Crippen LogP contribution in [0, 0.1) is 19.8 Å². The zero-order valence-electron chi connectivity index (χ0n) is 14.4. The Kier molecular flexibility index (Phi) is 6.21. The van der Waals surface area contributed by atoms with E-state index in [2.05, 4.69) is 0 Å². The summed E-state index contributed by atoms with van der Waals surface area (Å²) < 4.78 is 36.3. The van der Waals surface area contributed by atoms with E-state index in [1.54, 1.807) is 4.90 Å². The molecule has 7 heteroatoms. The molecule has 25 heavy (non-hydrogen) atoms. The van der Waals surface area contributed by atoms with Crippen molar-refractivity contribution in [3.05, 3.63) is 34.9 Å². The second kappa shape index (κ2) is 7.99. The van der Waals surface area contributed by atoms with Gasteiger partial charge in [-0.25, -0.2) is 0 Å². The van der Waals surface area contributed by atoms with Crippen molar-refractivity contribution in [1.82, 2.24) is 10.2 Å². The monoisotopic (exact) mass is 356 g/mol. The van der Waals surface area contributed by atoms with Gasteiger partial charge in [0.05, 0.1) is 6.54 Å². The van der Waals surface area contributed by atoms with E-state index in [4.69, 9.17) is 0 Å². The highest BCUT2D eigenvalue weighted by atomic mass is 19.4. The third-order valence-corrected chi connectivity index (χ3v) is 4.46. The first-order chi connectivity index (χ1) is 11.7. The number of ketones is 1. The topological polar surface area (TPSA) is 49.4 Å². The number of Topliss-reactive ketones (excluding diaryl/α,β-unsaturated/α-hetero) is 1. The first-order valence-corrected chi connectivity index (χ1v) is 8.33. The molecule has 1 N–H and O–H groups in total. The van der Waals surface area contributed by atoms with Crippen LogP contribution in [0.4, 0.5) is 13.2 Å². The van der Waals surface area contributed by atoms with Gasteiger partial charge in [0, 0.05) is 11.5 Å². The van der Waals surface area contributed by atoms with Gasteiger partial charge in [-0.2, -0.15) is 13.2 Å². The number of likely N-dealkylation sites (tertiary alicyclic amines) is 1. The summed E-state index contributed by atoms with van der Waals surface area (Å²) >= 11 is 0. The van der Waals surface area contributed by atoms with Gasteiger partial charge in [-0.1, -0.05) is 23.8 Å². The SMILES string of the molecule is Cc1ccc(C(=O)C2CCN(CC(=O)NCC(F)(F)F)CC2)c(C)c1. The Morgan fingerprint density at radius 3 is 2.40 bits per heavy atom. The van der Waals surface area contributed by atoms with Crippen molar-refractivity contribution in [2.75, 3.05) is 26.2 Å². The zero-order chi connectivity index (χ0) is 18.6. The summed E-state index contributed by atoms with van der Waals surface area (Å²) in [6, 6.07) is 5.75. The number of nitrogens with one attached hydrogen (secondary N) is 1. The van der Waals surface area contributed by atoms with Crippen LogP contribution in [-0.4, -0.2) is 48.9 Å². The number of rotatable bonds is 5. The van der Waals surface area contributed by atoms with Crippen LogP contribution in [0.1, 0.15) is 34.3 Å². The van der Waals surface area contributed by atoms with E-state index in [-0.39, 0.29) is 18.2 Å². The predicted octanol–water partition coefficient (Wildman–Crippen LogP) is 2.88. The summed E-state index contributed by atoms with van der Waals surface area (Å²) in [5.74, 6) is -0.633. The van der Waals surface area contributed by atoms with Crippen molar-refractivity contribution in [3.63, 3.8) is 0 Å². The van der Waals surface area contributed by atoms with Crippen LogP contribution >= 0.6 is 0 Å². The van der Waals surface area contributed by atoms with E-state index in [0.717, 1.165) is 16.7 Å². The van der Waals surface area contributed by atoms with Crippen LogP contribution in [0.25, 0.3) is 0 Å². The van der Waals surface area contributed by atoms with E-state index in [1.807, 2.05) is 37.4 Å². The molecule has 138 valence electrons. The number of benzene rings is 1. The summed E-state index contributed by atoms with van der Waals surface area (Å²) in [7, 11) is 0. The van der Waals surface area contributed by atoms with Gasteiger partial charge >= 0.3 is 6.18 Å². The molecule has 1 aromatic rings. The van der Waals surface area contributed by atoms with E-state index in [9.17, 15) is 22.8 Å². The normalized spacial score (nSPS) is 16.7. The van der Waals surface area contributed by atoms with Crippen LogP contribution in [0.2, 0.25) is 0 Å². The third kappa shape index (κ3) is 5.85. The smallest absolute Gasteiger partial charge is 0.346 e. The Morgan fingerprint density at radius 2 is 1.84 bits per heavy atom. The quantitative estimate of drug-likeness (QED) is 0.826. The Bertz CT molecular complexity index is 636. The summed E-state index contributed by atoms with van der Waals surface area (Å²) in [6.07, 6.45) is -3.18. The molecule has 1 saturated heterocycles. The van der Waals surface area contributed by atoms with Crippen LogP contribution < -0.4 is 5.32 Å². The van der Waals surface area contributed by atoms with E-state index in [0.29, 0.717) is 25.9 Å². The fourth-order valence-electron chi connectivity index (χ4n) is 3.12. The summed E-state index contributed by atoms with van der Waals surface area (Å²) in [4.78, 5) is 26.0. The molecule has 0 aromatic heterocycles. The molecule has 1 aliphatic heterocycles. The molecule has 0 atom stereocenters. The fourth-order valence-corrected chi connectivity index (χ4v) is 3.12. The van der Waals surface area contributed by atoms with E-state index >= 15 is 0 Å². The van der Waals surface area contributed by atoms with E-state index < -0.39 is 18.6 Å². The van der Waals surface area contributed by atoms with Crippen molar-refractivity contribution < 1.29 is 22.8 Å². The molecule has 2 rings (SSSR count). The van der Waals surface area contributed by atoms with Crippen LogP contribution in [0.15, 0.2) is 18.2 Å². The first kappa shape index (κ1) is 19.4. The number of amides is 1. The number of alkyl halides is 3. The van der Waals surface area contributed by atoms with Crippen molar-refractivity contribution in [1.29, 1.82) is 0 Å². The lowest BCUT2D eigenvalue weighted by atomic mass is 9.87. The van der Waals surface area contributed by atoms with Gasteiger partial charge in [-0.15, -0.1) is 0 Å². The fraction of sp³-hybridized carbons (Fsp3) is 0.556. The van der Waals surface area contributed by atoms with Crippen LogP contribution in [0.5, 0.6) is 0 Å². The highest BCUT2D eigenvalue weighted by molar-refractivity contribution is 5.99. The van der Waals surface area contributed by atoms with Crippen molar-refractivity contribution >= 4 is 11.7 Å². The molecule has 1 aliphatic rings. The molecular weight excluding hydrogens is 333 g/mol. The maximum atomic E-state index is 12.7. The van der Waals surface area contributed by atoms with Crippen molar-refractivity contribution in [2.24, 2.45) is 5.92 Å². The largest absolute Gasteiger partial charge is 0.405 e. The number of hydrogen-bond donors (Lipinski definition) is 1. The molecule has 0 aliphatic carbocycles. The standard InChI is InChI=1S/C18H23F3N2O2/c1-12-3-4-15(13(2)9-12)17(25)14-5-7-23(8-6-14)10-16(24)22-11-18(19,20)21/h3-4,9,14H,5-8,10-11H2,1-2H3,(H,22,24). The Hall–Kier alpha value is -1.89. The minimum Gasteiger partial charge on any atom is -0.346 e. The maximum absolute atomic E-state index is 12.7. The number of aryl methyl sites for hydroxylation is 2. The number of carbonyl (C=O) groups is 2. The molecule has 4 nitrogen and oxygen atoms in total. The van der Waals surface area contributed by atoms with Gasteiger partial charge in [0.15, 0.2) is 5.78 Å². The van der Waals surface area contributed by atoms with Gasteiger partial charge in [-0.05, 0) is 45.3 Å². The molecular formula is C18H23F3N2O2. The molecule has 0 radical (unpaired) electrons. The molecule has 1 aromatic carbocycles. The van der Waals surface area contributed by atoms with Gasteiger partial charge in [0.2, 0.25) is 5.91 Å². The number of piperidine rings is 1. The lowest BCUT2D eigenvalue weighted by Crippen LogP contribution is -2.44. The maximum Gasteiger partial charge on any atom is 0.405 e. The van der Waals surface area contributed by atoms with Gasteiger partial charge in [-0.3, -0.25) is 14.5 Å². The molecule has 0 unspecified atom stereocenters. The first-order valence-electron chi connectivity index (χ1n) is 8.33. The minimum absolute atomic E-state index is 0.0689. The van der Waals surface area contributed by atoms with Crippen LogP contribution in [-0.2, 0) is 4.79 Å². The highest BCUT2D eigenvalue weighted by Gasteiger charge is 2.30. The number of hydrogen-bond acceptors (Lipinski definition) is 3. The number of nitrogens with zero attached hydrogens (tertiary/aromatic N) is 1.